The molecule has 1 N–H and O–H groups in total. The maximum Gasteiger partial charge on any atom is 0.307 e. The fourth-order valence-corrected chi connectivity index (χ4v) is 1.78. The highest BCUT2D eigenvalue weighted by Crippen LogP contribution is 2.11. The van der Waals surface area contributed by atoms with Crippen molar-refractivity contribution in [3.8, 4) is 0 Å². The molecule has 2 rings (SSSR count). The summed E-state index contributed by atoms with van der Waals surface area (Å²) in [6, 6.07) is 0. The fraction of sp³-hybridized carbons (Fsp3) is 0.417. The summed E-state index contributed by atoms with van der Waals surface area (Å²) in [5, 5.41) is 7.07. The SMILES string of the molecule is Cc1cnc(C(=O)NCc2c(C)nn(C)c2C)o1. The molecule has 0 saturated carbocycles. The van der Waals surface area contributed by atoms with Crippen LogP contribution in [0.5, 0.6) is 0 Å². The molecule has 18 heavy (non-hydrogen) atoms. The van der Waals surface area contributed by atoms with Gasteiger partial charge in [0.05, 0.1) is 11.9 Å². The van der Waals surface area contributed by atoms with Gasteiger partial charge < -0.3 is 9.73 Å². The Morgan fingerprint density at radius 2 is 2.17 bits per heavy atom. The van der Waals surface area contributed by atoms with Gasteiger partial charge in [0.1, 0.15) is 5.76 Å². The van der Waals surface area contributed by atoms with Crippen LogP contribution in [0, 0.1) is 20.8 Å². The number of carbonyl (C=O) groups excluding carboxylic acids is 1. The van der Waals surface area contributed by atoms with Crippen molar-refractivity contribution in [2.24, 2.45) is 7.05 Å². The summed E-state index contributed by atoms with van der Waals surface area (Å²) in [6.45, 7) is 6.06. The maximum absolute atomic E-state index is 11.8. The number of aromatic nitrogens is 3. The Morgan fingerprint density at radius 3 is 2.67 bits per heavy atom. The Balaban J connectivity index is 2.06. The van der Waals surface area contributed by atoms with E-state index in [2.05, 4.69) is 15.4 Å². The lowest BCUT2D eigenvalue weighted by Gasteiger charge is -2.03. The van der Waals surface area contributed by atoms with Crippen LogP contribution in [-0.4, -0.2) is 20.7 Å². The van der Waals surface area contributed by atoms with Gasteiger partial charge in [-0.15, -0.1) is 0 Å². The van der Waals surface area contributed by atoms with Gasteiger partial charge in [-0.05, 0) is 20.8 Å². The van der Waals surface area contributed by atoms with Crippen molar-refractivity contribution in [3.63, 3.8) is 0 Å². The highest BCUT2D eigenvalue weighted by molar-refractivity contribution is 5.89. The molecule has 0 radical (unpaired) electrons. The van der Waals surface area contributed by atoms with E-state index in [1.807, 2.05) is 20.9 Å². The standard InChI is InChI=1S/C12H16N4O2/c1-7-5-14-12(18-7)11(17)13-6-10-8(2)15-16(4)9(10)3/h5H,6H2,1-4H3,(H,13,17). The van der Waals surface area contributed by atoms with Gasteiger partial charge in [0.2, 0.25) is 0 Å². The minimum absolute atomic E-state index is 0.0895. The van der Waals surface area contributed by atoms with E-state index in [4.69, 9.17) is 4.42 Å². The number of rotatable bonds is 3. The van der Waals surface area contributed by atoms with Gasteiger partial charge in [0.15, 0.2) is 0 Å². The molecule has 2 aromatic heterocycles. The number of carbonyl (C=O) groups is 1. The number of nitrogens with one attached hydrogen (secondary N) is 1. The molecule has 0 aromatic carbocycles. The van der Waals surface area contributed by atoms with E-state index >= 15 is 0 Å². The van der Waals surface area contributed by atoms with Crippen molar-refractivity contribution in [1.82, 2.24) is 20.1 Å². The molecule has 0 spiro atoms. The monoisotopic (exact) mass is 248 g/mol. The first-order chi connectivity index (χ1) is 8.49. The van der Waals surface area contributed by atoms with Crippen molar-refractivity contribution in [2.45, 2.75) is 27.3 Å². The zero-order valence-corrected chi connectivity index (χ0v) is 10.9. The number of amides is 1. The zero-order valence-electron chi connectivity index (χ0n) is 10.9. The Hall–Kier alpha value is -2.11. The van der Waals surface area contributed by atoms with Crippen LogP contribution in [0.1, 0.15) is 33.4 Å². The Labute approximate surface area is 105 Å². The molecule has 96 valence electrons. The topological polar surface area (TPSA) is 73.0 Å². The first-order valence-corrected chi connectivity index (χ1v) is 5.68. The summed E-state index contributed by atoms with van der Waals surface area (Å²) >= 11 is 0. The minimum atomic E-state index is -0.314. The second-order valence-electron chi connectivity index (χ2n) is 4.23. The lowest BCUT2D eigenvalue weighted by atomic mass is 10.2. The molecule has 2 aromatic rings. The number of hydrogen-bond acceptors (Lipinski definition) is 4. The first-order valence-electron chi connectivity index (χ1n) is 5.68. The fourth-order valence-electron chi connectivity index (χ4n) is 1.78. The van der Waals surface area contributed by atoms with Gasteiger partial charge in [-0.3, -0.25) is 9.48 Å². The summed E-state index contributed by atoms with van der Waals surface area (Å²) in [5.41, 5.74) is 2.98. The molecule has 0 aliphatic rings. The van der Waals surface area contributed by atoms with Crippen LogP contribution in [0.3, 0.4) is 0 Å². The molecule has 0 fully saturated rings. The Morgan fingerprint density at radius 1 is 1.44 bits per heavy atom. The molecule has 2 heterocycles. The third kappa shape index (κ3) is 2.27. The van der Waals surface area contributed by atoms with E-state index in [0.29, 0.717) is 12.3 Å². The predicted octanol–water partition coefficient (Wildman–Crippen LogP) is 1.26. The van der Waals surface area contributed by atoms with E-state index in [9.17, 15) is 4.79 Å². The maximum atomic E-state index is 11.8. The molecule has 0 saturated heterocycles. The molecular formula is C12H16N4O2. The lowest BCUT2D eigenvalue weighted by molar-refractivity contribution is 0.0915. The average molecular weight is 248 g/mol. The summed E-state index contributed by atoms with van der Waals surface area (Å²) in [5.74, 6) is 0.395. The molecule has 0 aliphatic heterocycles. The van der Waals surface area contributed by atoms with E-state index in [-0.39, 0.29) is 11.8 Å². The van der Waals surface area contributed by atoms with Crippen LogP contribution in [0.4, 0.5) is 0 Å². The van der Waals surface area contributed by atoms with Crippen molar-refractivity contribution in [1.29, 1.82) is 0 Å². The lowest BCUT2D eigenvalue weighted by Crippen LogP contribution is -2.23. The second-order valence-corrected chi connectivity index (χ2v) is 4.23. The van der Waals surface area contributed by atoms with Gasteiger partial charge in [-0.2, -0.15) is 5.10 Å². The van der Waals surface area contributed by atoms with E-state index in [0.717, 1.165) is 17.0 Å². The zero-order chi connectivity index (χ0) is 13.3. The molecule has 6 heteroatoms. The number of oxazole rings is 1. The molecule has 0 unspecified atom stereocenters. The highest BCUT2D eigenvalue weighted by Gasteiger charge is 2.14. The molecule has 1 amide bonds. The Kier molecular flexibility index (Phi) is 3.18. The first kappa shape index (κ1) is 12.3. The van der Waals surface area contributed by atoms with Crippen molar-refractivity contribution in [2.75, 3.05) is 0 Å². The van der Waals surface area contributed by atoms with Crippen LogP contribution in [0.25, 0.3) is 0 Å². The average Bonchev–Trinajstić information content (AvgIpc) is 2.83. The number of aryl methyl sites for hydroxylation is 3. The van der Waals surface area contributed by atoms with Crippen molar-refractivity contribution < 1.29 is 9.21 Å². The van der Waals surface area contributed by atoms with Gasteiger partial charge in [0, 0.05) is 24.8 Å². The molecule has 0 atom stereocenters. The van der Waals surface area contributed by atoms with Crippen molar-refractivity contribution in [3.05, 3.63) is 34.8 Å². The summed E-state index contributed by atoms with van der Waals surface area (Å²) < 4.78 is 6.95. The van der Waals surface area contributed by atoms with Gasteiger partial charge in [-0.25, -0.2) is 4.98 Å². The summed E-state index contributed by atoms with van der Waals surface area (Å²) in [4.78, 5) is 15.6. The smallest absolute Gasteiger partial charge is 0.307 e. The summed E-state index contributed by atoms with van der Waals surface area (Å²) in [6.07, 6.45) is 1.52. The van der Waals surface area contributed by atoms with E-state index in [1.54, 1.807) is 11.6 Å². The van der Waals surface area contributed by atoms with Gasteiger partial charge in [0.25, 0.3) is 5.89 Å². The van der Waals surface area contributed by atoms with Crippen LogP contribution >= 0.6 is 0 Å². The van der Waals surface area contributed by atoms with Gasteiger partial charge >= 0.3 is 5.91 Å². The largest absolute Gasteiger partial charge is 0.438 e. The number of hydrogen-bond donors (Lipinski definition) is 1. The van der Waals surface area contributed by atoms with Gasteiger partial charge in [-0.1, -0.05) is 0 Å². The third-order valence-electron chi connectivity index (χ3n) is 2.90. The summed E-state index contributed by atoms with van der Waals surface area (Å²) in [7, 11) is 1.88. The second kappa shape index (κ2) is 4.64. The molecular weight excluding hydrogens is 232 g/mol. The minimum Gasteiger partial charge on any atom is -0.438 e. The van der Waals surface area contributed by atoms with Crippen LogP contribution in [0.15, 0.2) is 10.6 Å². The van der Waals surface area contributed by atoms with Crippen LogP contribution in [-0.2, 0) is 13.6 Å². The third-order valence-corrected chi connectivity index (χ3v) is 2.90. The van der Waals surface area contributed by atoms with E-state index in [1.165, 1.54) is 6.20 Å². The molecule has 0 aliphatic carbocycles. The quantitative estimate of drug-likeness (QED) is 0.887. The predicted molar refractivity (Wildman–Crippen MR) is 65.1 cm³/mol. The van der Waals surface area contributed by atoms with Crippen molar-refractivity contribution >= 4 is 5.91 Å². The molecule has 6 nitrogen and oxygen atoms in total. The Bertz CT molecular complexity index is 583. The normalized spacial score (nSPS) is 10.7. The highest BCUT2D eigenvalue weighted by atomic mass is 16.4. The molecule has 0 bridgehead atoms. The van der Waals surface area contributed by atoms with Crippen LogP contribution < -0.4 is 5.32 Å². The number of nitrogens with zero attached hydrogens (tertiary/aromatic N) is 3. The van der Waals surface area contributed by atoms with E-state index < -0.39 is 0 Å². The van der Waals surface area contributed by atoms with Crippen LogP contribution in [0.2, 0.25) is 0 Å².